The number of hydrogen-bond acceptors (Lipinski definition) is 5. The van der Waals surface area contributed by atoms with Crippen LogP contribution in [-0.4, -0.2) is 32.3 Å². The van der Waals surface area contributed by atoms with Gasteiger partial charge in [-0.25, -0.2) is 14.6 Å². The number of nitrogens with zero attached hydrogens (tertiary/aromatic N) is 4. The van der Waals surface area contributed by atoms with Crippen LogP contribution in [0.2, 0.25) is 0 Å². The number of nitrogens with one attached hydrogen (secondary N) is 1. The standard InChI is InChI=1S/C20H19N5O2/c26-19(16-9-20(16)7-8-27-17-4-2-1-3-15(17)20)23-11-14-5-6-18(22-10-14)25-13-21-12-24-25/h1-6,10,12-13,16H,7-9,11H2,(H,23,26)/t16-,20-/m0/s1. The lowest BCUT2D eigenvalue weighted by Crippen LogP contribution is -2.30. The Hall–Kier alpha value is -3.22. The highest BCUT2D eigenvalue weighted by Gasteiger charge is 2.60. The molecule has 3 aromatic rings. The van der Waals surface area contributed by atoms with E-state index in [2.05, 4.69) is 26.4 Å². The molecule has 27 heavy (non-hydrogen) atoms. The largest absolute Gasteiger partial charge is 0.493 e. The lowest BCUT2D eigenvalue weighted by atomic mass is 9.87. The Morgan fingerprint density at radius 1 is 1.30 bits per heavy atom. The fraction of sp³-hybridized carbons (Fsp3) is 0.300. The molecule has 1 aliphatic heterocycles. The van der Waals surface area contributed by atoms with Crippen molar-refractivity contribution >= 4 is 5.91 Å². The summed E-state index contributed by atoms with van der Waals surface area (Å²) in [7, 11) is 0. The summed E-state index contributed by atoms with van der Waals surface area (Å²) in [6.07, 6.45) is 6.61. The molecule has 0 bridgehead atoms. The number of pyridine rings is 1. The van der Waals surface area contributed by atoms with E-state index in [1.165, 1.54) is 11.9 Å². The van der Waals surface area contributed by atoms with Gasteiger partial charge in [-0.05, 0) is 30.5 Å². The van der Waals surface area contributed by atoms with Crippen molar-refractivity contribution in [3.8, 4) is 11.6 Å². The number of carbonyl (C=O) groups excluding carboxylic acids is 1. The van der Waals surface area contributed by atoms with Gasteiger partial charge in [0.1, 0.15) is 18.4 Å². The Kier molecular flexibility index (Phi) is 3.67. The minimum Gasteiger partial charge on any atom is -0.493 e. The van der Waals surface area contributed by atoms with Crippen molar-refractivity contribution in [3.05, 3.63) is 66.4 Å². The molecule has 1 aliphatic carbocycles. The average molecular weight is 361 g/mol. The highest BCUT2D eigenvalue weighted by molar-refractivity contribution is 5.84. The van der Waals surface area contributed by atoms with Crippen molar-refractivity contribution in [1.29, 1.82) is 0 Å². The summed E-state index contributed by atoms with van der Waals surface area (Å²) in [6, 6.07) is 11.9. The number of amides is 1. The van der Waals surface area contributed by atoms with Gasteiger partial charge in [-0.3, -0.25) is 4.79 Å². The zero-order valence-corrected chi connectivity index (χ0v) is 14.7. The van der Waals surface area contributed by atoms with Crippen LogP contribution in [0.1, 0.15) is 24.0 Å². The van der Waals surface area contributed by atoms with Gasteiger partial charge in [0.05, 0.1) is 6.61 Å². The molecular weight excluding hydrogens is 342 g/mol. The lowest BCUT2D eigenvalue weighted by Gasteiger charge is -2.26. The Labute approximate surface area is 156 Å². The van der Waals surface area contributed by atoms with Crippen LogP contribution in [0.5, 0.6) is 5.75 Å². The first-order valence-electron chi connectivity index (χ1n) is 9.06. The van der Waals surface area contributed by atoms with Crippen LogP contribution in [-0.2, 0) is 16.8 Å². The Morgan fingerprint density at radius 3 is 3.04 bits per heavy atom. The van der Waals surface area contributed by atoms with Crippen LogP contribution in [0.3, 0.4) is 0 Å². The van der Waals surface area contributed by atoms with Gasteiger partial charge in [0, 0.05) is 29.6 Å². The van der Waals surface area contributed by atoms with Crippen LogP contribution in [0, 0.1) is 5.92 Å². The molecule has 2 aliphatic rings. The van der Waals surface area contributed by atoms with E-state index in [0.29, 0.717) is 19.0 Å². The monoisotopic (exact) mass is 361 g/mol. The third-order valence-electron chi connectivity index (χ3n) is 5.55. The van der Waals surface area contributed by atoms with Gasteiger partial charge in [0.2, 0.25) is 5.91 Å². The maximum absolute atomic E-state index is 12.7. The third kappa shape index (κ3) is 2.75. The molecule has 3 heterocycles. The van der Waals surface area contributed by atoms with E-state index >= 15 is 0 Å². The molecule has 7 nitrogen and oxygen atoms in total. The fourth-order valence-electron chi connectivity index (χ4n) is 4.00. The summed E-state index contributed by atoms with van der Waals surface area (Å²) >= 11 is 0. The van der Waals surface area contributed by atoms with Crippen molar-refractivity contribution < 1.29 is 9.53 Å². The Balaban J connectivity index is 1.24. The van der Waals surface area contributed by atoms with Crippen LogP contribution in [0.4, 0.5) is 0 Å². The second-order valence-electron chi connectivity index (χ2n) is 7.09. The van der Waals surface area contributed by atoms with Crippen molar-refractivity contribution in [1.82, 2.24) is 25.1 Å². The third-order valence-corrected chi connectivity index (χ3v) is 5.55. The molecule has 136 valence electrons. The minimum absolute atomic E-state index is 0.0185. The van der Waals surface area contributed by atoms with Crippen molar-refractivity contribution in [3.63, 3.8) is 0 Å². The number of rotatable bonds is 4. The molecule has 0 saturated heterocycles. The van der Waals surface area contributed by atoms with E-state index in [1.807, 2.05) is 30.3 Å². The smallest absolute Gasteiger partial charge is 0.224 e. The number of ether oxygens (including phenoxy) is 1. The second-order valence-corrected chi connectivity index (χ2v) is 7.09. The van der Waals surface area contributed by atoms with Gasteiger partial charge < -0.3 is 10.1 Å². The van der Waals surface area contributed by atoms with E-state index in [1.54, 1.807) is 17.2 Å². The molecule has 2 atom stereocenters. The van der Waals surface area contributed by atoms with E-state index in [0.717, 1.165) is 24.2 Å². The summed E-state index contributed by atoms with van der Waals surface area (Å²) in [6.45, 7) is 1.14. The normalized spacial score (nSPS) is 22.7. The zero-order chi connectivity index (χ0) is 18.3. The molecule has 1 aromatic carbocycles. The van der Waals surface area contributed by atoms with Gasteiger partial charge in [0.15, 0.2) is 5.82 Å². The topological polar surface area (TPSA) is 81.9 Å². The number of para-hydroxylation sites is 1. The SMILES string of the molecule is O=C(NCc1ccc(-n2cncn2)nc1)[C@@H]1C[C@]12CCOc1ccccc12. The molecule has 0 radical (unpaired) electrons. The van der Waals surface area contributed by atoms with Crippen LogP contribution in [0.25, 0.3) is 5.82 Å². The average Bonchev–Trinajstić information content (AvgIpc) is 3.16. The minimum atomic E-state index is -0.0475. The number of fused-ring (bicyclic) bond motifs is 2. The molecule has 7 heteroatoms. The van der Waals surface area contributed by atoms with E-state index in [9.17, 15) is 4.79 Å². The molecular formula is C20H19N5O2. The number of aromatic nitrogens is 4. The summed E-state index contributed by atoms with van der Waals surface area (Å²) in [5.41, 5.74) is 2.08. The van der Waals surface area contributed by atoms with Crippen LogP contribution >= 0.6 is 0 Å². The predicted octanol–water partition coefficient (Wildman–Crippen LogP) is 2.02. The molecule has 5 rings (SSSR count). The highest BCUT2D eigenvalue weighted by Crippen LogP contribution is 2.60. The molecule has 1 fully saturated rings. The van der Waals surface area contributed by atoms with Gasteiger partial charge in [-0.2, -0.15) is 5.10 Å². The molecule has 1 spiro atoms. The molecule has 2 aromatic heterocycles. The van der Waals surface area contributed by atoms with Crippen molar-refractivity contribution in [2.24, 2.45) is 5.92 Å². The summed E-state index contributed by atoms with van der Waals surface area (Å²) in [5, 5.41) is 7.11. The lowest BCUT2D eigenvalue weighted by molar-refractivity contribution is -0.123. The second kappa shape index (κ2) is 6.19. The maximum Gasteiger partial charge on any atom is 0.224 e. The van der Waals surface area contributed by atoms with Crippen molar-refractivity contribution in [2.75, 3.05) is 6.61 Å². The van der Waals surface area contributed by atoms with Gasteiger partial charge >= 0.3 is 0 Å². The fourth-order valence-corrected chi connectivity index (χ4v) is 4.00. The maximum atomic E-state index is 12.7. The zero-order valence-electron chi connectivity index (χ0n) is 14.7. The number of benzene rings is 1. The quantitative estimate of drug-likeness (QED) is 0.769. The van der Waals surface area contributed by atoms with E-state index < -0.39 is 0 Å². The predicted molar refractivity (Wildman–Crippen MR) is 97.3 cm³/mol. The van der Waals surface area contributed by atoms with Crippen LogP contribution in [0.15, 0.2) is 55.2 Å². The number of hydrogen-bond donors (Lipinski definition) is 1. The molecule has 1 amide bonds. The Bertz CT molecular complexity index is 970. The molecule has 1 N–H and O–H groups in total. The van der Waals surface area contributed by atoms with Gasteiger partial charge in [-0.1, -0.05) is 24.3 Å². The highest BCUT2D eigenvalue weighted by atomic mass is 16.5. The summed E-state index contributed by atoms with van der Waals surface area (Å²) < 4.78 is 7.34. The molecule has 1 saturated carbocycles. The first-order valence-corrected chi connectivity index (χ1v) is 9.06. The number of carbonyl (C=O) groups is 1. The van der Waals surface area contributed by atoms with Gasteiger partial charge in [0.25, 0.3) is 0 Å². The van der Waals surface area contributed by atoms with Crippen molar-refractivity contribution in [2.45, 2.75) is 24.8 Å². The summed E-state index contributed by atoms with van der Waals surface area (Å²) in [5.74, 6) is 1.74. The van der Waals surface area contributed by atoms with Crippen LogP contribution < -0.4 is 10.1 Å². The first kappa shape index (κ1) is 16.0. The van der Waals surface area contributed by atoms with Gasteiger partial charge in [-0.15, -0.1) is 0 Å². The molecule has 0 unspecified atom stereocenters. The summed E-state index contributed by atoms with van der Waals surface area (Å²) in [4.78, 5) is 21.0. The van der Waals surface area contributed by atoms with E-state index in [-0.39, 0.29) is 17.2 Å². The Morgan fingerprint density at radius 2 is 2.22 bits per heavy atom. The van der Waals surface area contributed by atoms with E-state index in [4.69, 9.17) is 4.74 Å². The first-order chi connectivity index (χ1) is 13.3.